The van der Waals surface area contributed by atoms with Crippen LogP contribution >= 0.6 is 0 Å². The molecule has 11 aromatic carbocycles. The van der Waals surface area contributed by atoms with Crippen LogP contribution in [-0.4, -0.2) is 19.1 Å². The zero-order valence-corrected chi connectivity index (χ0v) is 36.0. The van der Waals surface area contributed by atoms with Gasteiger partial charge >= 0.3 is 0 Å². The maximum atomic E-state index is 6.34. The van der Waals surface area contributed by atoms with E-state index in [4.69, 9.17) is 14.4 Å². The van der Waals surface area contributed by atoms with Crippen LogP contribution in [0, 0.1) is 0 Å². The van der Waals surface area contributed by atoms with E-state index < -0.39 is 0 Å². The summed E-state index contributed by atoms with van der Waals surface area (Å²) in [6, 6.07) is 78.7. The van der Waals surface area contributed by atoms with Gasteiger partial charge in [0.05, 0.1) is 44.5 Å². The average Bonchev–Trinajstić information content (AvgIpc) is 4.03. The topological polar surface area (TPSA) is 48.8 Å². The smallest absolute Gasteiger partial charge is 0.136 e. The summed E-state index contributed by atoms with van der Waals surface area (Å²) < 4.78 is 11.2. The summed E-state index contributed by atoms with van der Waals surface area (Å²) in [6.45, 7) is 0. The molecule has 15 aromatic rings. The molecular formula is C62H36N4O. The van der Waals surface area contributed by atoms with E-state index >= 15 is 0 Å². The molecule has 5 heteroatoms. The summed E-state index contributed by atoms with van der Waals surface area (Å²) in [5.41, 5.74) is 14.0. The van der Waals surface area contributed by atoms with Crippen molar-refractivity contribution in [3.8, 4) is 33.9 Å². The summed E-state index contributed by atoms with van der Waals surface area (Å²) in [4.78, 5) is 10.7. The maximum Gasteiger partial charge on any atom is 0.136 e. The van der Waals surface area contributed by atoms with Crippen molar-refractivity contribution in [3.63, 3.8) is 0 Å². The number of para-hydroxylation sites is 4. The van der Waals surface area contributed by atoms with Crippen LogP contribution in [0.5, 0.6) is 0 Å². The van der Waals surface area contributed by atoms with Gasteiger partial charge in [-0.05, 0) is 117 Å². The van der Waals surface area contributed by atoms with Gasteiger partial charge in [0.15, 0.2) is 0 Å². The lowest BCUT2D eigenvalue weighted by atomic mass is 9.97. The molecule has 0 spiro atoms. The minimum absolute atomic E-state index is 0.830. The molecule has 5 nitrogen and oxygen atoms in total. The van der Waals surface area contributed by atoms with E-state index in [0.717, 1.165) is 83.2 Å². The monoisotopic (exact) mass is 852 g/mol. The van der Waals surface area contributed by atoms with Crippen molar-refractivity contribution in [2.45, 2.75) is 0 Å². The molecule has 4 heterocycles. The lowest BCUT2D eigenvalue weighted by molar-refractivity contribution is 0.669. The van der Waals surface area contributed by atoms with Crippen LogP contribution in [-0.2, 0) is 0 Å². The van der Waals surface area contributed by atoms with Gasteiger partial charge in [-0.25, -0.2) is 9.97 Å². The predicted octanol–water partition coefficient (Wildman–Crippen LogP) is 16.5. The summed E-state index contributed by atoms with van der Waals surface area (Å²) >= 11 is 0. The number of hydrogen-bond donors (Lipinski definition) is 0. The van der Waals surface area contributed by atoms with Gasteiger partial charge in [0.25, 0.3) is 0 Å². The van der Waals surface area contributed by atoms with Gasteiger partial charge in [-0.2, -0.15) is 0 Å². The summed E-state index contributed by atoms with van der Waals surface area (Å²) in [5, 5.41) is 14.2. The molecule has 0 unspecified atom stereocenters. The van der Waals surface area contributed by atoms with Crippen molar-refractivity contribution in [3.05, 3.63) is 218 Å². The van der Waals surface area contributed by atoms with Crippen molar-refractivity contribution in [2.75, 3.05) is 0 Å². The molecule has 0 atom stereocenters. The molecule has 0 fully saturated rings. The highest BCUT2D eigenvalue weighted by Gasteiger charge is 2.21. The quantitative estimate of drug-likeness (QED) is 0.177. The molecule has 0 aliphatic carbocycles. The Morgan fingerprint density at radius 3 is 1.60 bits per heavy atom. The van der Waals surface area contributed by atoms with Crippen LogP contribution in [0.15, 0.2) is 223 Å². The lowest BCUT2D eigenvalue weighted by Gasteiger charge is -2.14. The highest BCUT2D eigenvalue weighted by Crippen LogP contribution is 2.42. The number of rotatable bonds is 4. The molecule has 0 amide bonds. The van der Waals surface area contributed by atoms with E-state index in [9.17, 15) is 0 Å². The predicted molar refractivity (Wildman–Crippen MR) is 279 cm³/mol. The molecule has 0 radical (unpaired) electrons. The SMILES string of the molecule is c1ccc2cc3c(cc2c1)c1ccccc1n3-c1ccc2c3cc4ccccc4cc3n(-c3ccc4cc(-c5nc6ccccc6nc5-c5cccc6oc7ccccc7c56)ccc4c3)c2c1. The van der Waals surface area contributed by atoms with E-state index in [1.807, 2.05) is 48.5 Å². The Bertz CT molecular complexity index is 4590. The Kier molecular flexibility index (Phi) is 7.44. The second kappa shape index (κ2) is 13.7. The van der Waals surface area contributed by atoms with Crippen molar-refractivity contribution in [2.24, 2.45) is 0 Å². The van der Waals surface area contributed by atoms with E-state index in [1.165, 1.54) is 59.6 Å². The molecule has 67 heavy (non-hydrogen) atoms. The Hall–Kier alpha value is -9.06. The van der Waals surface area contributed by atoms with E-state index in [2.05, 4.69) is 179 Å². The molecule has 0 aliphatic rings. The number of fused-ring (bicyclic) bond motifs is 13. The molecular weight excluding hydrogens is 817 g/mol. The van der Waals surface area contributed by atoms with Crippen LogP contribution in [0.2, 0.25) is 0 Å². The van der Waals surface area contributed by atoms with Crippen molar-refractivity contribution in [1.82, 2.24) is 19.1 Å². The molecule has 15 rings (SSSR count). The fourth-order valence-electron chi connectivity index (χ4n) is 10.9. The number of nitrogens with zero attached hydrogens (tertiary/aromatic N) is 4. The lowest BCUT2D eigenvalue weighted by Crippen LogP contribution is -1.97. The highest BCUT2D eigenvalue weighted by molar-refractivity contribution is 6.17. The Balaban J connectivity index is 0.935. The van der Waals surface area contributed by atoms with Gasteiger partial charge in [-0.3, -0.25) is 0 Å². The third-order valence-electron chi connectivity index (χ3n) is 14.0. The summed E-state index contributed by atoms with van der Waals surface area (Å²) in [6.07, 6.45) is 0. The standard InChI is InChI=1S/C62H36N4O/c1-3-14-39-34-55-50(32-37(39)12-1)46-16-5-9-21-54(46)65(55)45-28-29-47-51-33-38-13-2-4-15-40(38)35-56(51)66(57(47)36-45)44-27-26-41-30-43(25-24-42(41)31-44)61-62(64-53-20-8-7-19-52(53)63-61)49-18-11-23-59-60(49)48-17-6-10-22-58(48)67-59/h1-36H. The van der Waals surface area contributed by atoms with Crippen LogP contribution in [0.4, 0.5) is 0 Å². The van der Waals surface area contributed by atoms with E-state index in [0.29, 0.717) is 0 Å². The first kappa shape index (κ1) is 36.3. The molecule has 0 N–H and O–H groups in total. The van der Waals surface area contributed by atoms with Gasteiger partial charge < -0.3 is 13.6 Å². The number of aromatic nitrogens is 4. The Labute approximate surface area is 383 Å². The minimum atomic E-state index is 0.830. The first-order valence-corrected chi connectivity index (χ1v) is 22.8. The molecule has 0 aliphatic heterocycles. The highest BCUT2D eigenvalue weighted by atomic mass is 16.3. The minimum Gasteiger partial charge on any atom is -0.456 e. The second-order valence-corrected chi connectivity index (χ2v) is 17.8. The molecule has 0 bridgehead atoms. The van der Waals surface area contributed by atoms with Gasteiger partial charge in [0, 0.05) is 54.8 Å². The van der Waals surface area contributed by atoms with Crippen molar-refractivity contribution in [1.29, 1.82) is 0 Å². The van der Waals surface area contributed by atoms with Gasteiger partial charge in [-0.1, -0.05) is 133 Å². The van der Waals surface area contributed by atoms with Gasteiger partial charge in [0.1, 0.15) is 11.2 Å². The first-order chi connectivity index (χ1) is 33.2. The van der Waals surface area contributed by atoms with E-state index in [-0.39, 0.29) is 0 Å². The average molecular weight is 853 g/mol. The second-order valence-electron chi connectivity index (χ2n) is 17.8. The summed E-state index contributed by atoms with van der Waals surface area (Å²) in [5.74, 6) is 0. The molecule has 0 saturated carbocycles. The third kappa shape index (κ3) is 5.37. The van der Waals surface area contributed by atoms with Crippen LogP contribution < -0.4 is 0 Å². The summed E-state index contributed by atoms with van der Waals surface area (Å²) in [7, 11) is 0. The van der Waals surface area contributed by atoms with Crippen LogP contribution in [0.1, 0.15) is 0 Å². The molecule has 0 saturated heterocycles. The Morgan fingerprint density at radius 1 is 0.313 bits per heavy atom. The van der Waals surface area contributed by atoms with Crippen molar-refractivity contribution < 1.29 is 4.42 Å². The van der Waals surface area contributed by atoms with Crippen LogP contribution in [0.25, 0.3) is 143 Å². The van der Waals surface area contributed by atoms with Gasteiger partial charge in [0.2, 0.25) is 0 Å². The first-order valence-electron chi connectivity index (χ1n) is 22.8. The fraction of sp³-hybridized carbons (Fsp3) is 0. The third-order valence-corrected chi connectivity index (χ3v) is 14.0. The Morgan fingerprint density at radius 2 is 0.836 bits per heavy atom. The molecule has 4 aromatic heterocycles. The zero-order valence-electron chi connectivity index (χ0n) is 36.0. The van der Waals surface area contributed by atoms with Gasteiger partial charge in [-0.15, -0.1) is 0 Å². The van der Waals surface area contributed by atoms with E-state index in [1.54, 1.807) is 0 Å². The van der Waals surface area contributed by atoms with Crippen molar-refractivity contribution >= 4 is 109 Å². The zero-order chi connectivity index (χ0) is 43.7. The fourth-order valence-corrected chi connectivity index (χ4v) is 10.9. The largest absolute Gasteiger partial charge is 0.456 e. The number of furan rings is 1. The maximum absolute atomic E-state index is 6.34. The van der Waals surface area contributed by atoms with Crippen LogP contribution in [0.3, 0.4) is 0 Å². The number of hydrogen-bond acceptors (Lipinski definition) is 3. The number of benzene rings is 11. The normalized spacial score (nSPS) is 12.2. The molecule has 310 valence electrons.